The van der Waals surface area contributed by atoms with Crippen LogP contribution in [0.4, 0.5) is 39.3 Å². The first-order valence-corrected chi connectivity index (χ1v) is 11.8. The number of hydrogen-bond acceptors (Lipinski definition) is 6. The van der Waals surface area contributed by atoms with Crippen molar-refractivity contribution in [1.29, 1.82) is 0 Å². The molecule has 0 spiro atoms. The van der Waals surface area contributed by atoms with Crippen LogP contribution in [0, 0.1) is 6.92 Å². The van der Waals surface area contributed by atoms with Crippen molar-refractivity contribution in [3.8, 4) is 0 Å². The van der Waals surface area contributed by atoms with Gasteiger partial charge in [-0.2, -0.15) is 4.98 Å². The molecule has 9 nitrogen and oxygen atoms in total. The molecule has 1 aliphatic rings. The third-order valence-corrected chi connectivity index (χ3v) is 6.08. The van der Waals surface area contributed by atoms with E-state index in [4.69, 9.17) is 0 Å². The van der Waals surface area contributed by atoms with E-state index in [2.05, 4.69) is 25.9 Å². The molecular weight excluding hydrogens is 466 g/mol. The molecule has 2 heterocycles. The normalized spacial score (nSPS) is 12.4. The van der Waals surface area contributed by atoms with Gasteiger partial charge in [0.25, 0.3) is 5.91 Å². The van der Waals surface area contributed by atoms with Gasteiger partial charge >= 0.3 is 6.03 Å². The second-order valence-electron chi connectivity index (χ2n) is 8.97. The van der Waals surface area contributed by atoms with Gasteiger partial charge in [-0.25, -0.2) is 9.78 Å². The first-order valence-electron chi connectivity index (χ1n) is 11.8. The average molecular weight is 494 g/mol. The maximum atomic E-state index is 13.1. The number of anilines is 6. The zero-order valence-corrected chi connectivity index (χ0v) is 20.8. The quantitative estimate of drug-likeness (QED) is 0.332. The number of fused-ring (bicyclic) bond motifs is 1. The van der Waals surface area contributed by atoms with E-state index in [1.807, 2.05) is 80.5 Å². The second kappa shape index (κ2) is 9.98. The molecule has 3 N–H and O–H groups in total. The number of carbonyl (C=O) groups is 2. The third-order valence-electron chi connectivity index (χ3n) is 6.08. The Hall–Kier alpha value is -4.92. The summed E-state index contributed by atoms with van der Waals surface area (Å²) in [6.45, 7) is 2.22. The minimum absolute atomic E-state index is 0.214. The van der Waals surface area contributed by atoms with Crippen LogP contribution in [0.2, 0.25) is 0 Å². The number of aromatic nitrogens is 2. The minimum atomic E-state index is -0.304. The molecule has 0 atom stereocenters. The van der Waals surface area contributed by atoms with Crippen molar-refractivity contribution in [2.24, 2.45) is 0 Å². The molecule has 0 bridgehead atoms. The molecule has 1 aromatic heterocycles. The molecule has 9 heteroatoms. The fraction of sp³-hybridized carbons (Fsp3) is 0.143. The van der Waals surface area contributed by atoms with Crippen LogP contribution in [0.5, 0.6) is 0 Å². The van der Waals surface area contributed by atoms with E-state index in [0.29, 0.717) is 35.2 Å². The summed E-state index contributed by atoms with van der Waals surface area (Å²) in [6, 6.07) is 22.1. The van der Waals surface area contributed by atoms with Crippen molar-refractivity contribution in [2.75, 3.05) is 39.8 Å². The van der Waals surface area contributed by atoms with Crippen LogP contribution in [0.15, 0.2) is 79.0 Å². The number of aryl methyl sites for hydroxylation is 1. The van der Waals surface area contributed by atoms with Crippen molar-refractivity contribution in [3.63, 3.8) is 0 Å². The van der Waals surface area contributed by atoms with Gasteiger partial charge in [0.1, 0.15) is 5.82 Å². The van der Waals surface area contributed by atoms with E-state index in [1.165, 1.54) is 0 Å². The molecule has 37 heavy (non-hydrogen) atoms. The van der Waals surface area contributed by atoms with Gasteiger partial charge < -0.3 is 15.5 Å². The smallest absolute Gasteiger partial charge is 0.327 e. The fourth-order valence-corrected chi connectivity index (χ4v) is 4.06. The summed E-state index contributed by atoms with van der Waals surface area (Å²) < 4.78 is 0. The highest BCUT2D eigenvalue weighted by atomic mass is 16.2. The molecule has 3 amide bonds. The predicted molar refractivity (Wildman–Crippen MR) is 147 cm³/mol. The number of benzene rings is 3. The Morgan fingerprint density at radius 1 is 1.00 bits per heavy atom. The summed E-state index contributed by atoms with van der Waals surface area (Å²) in [7, 11) is 3.95. The van der Waals surface area contributed by atoms with Gasteiger partial charge in [-0.15, -0.1) is 0 Å². The van der Waals surface area contributed by atoms with Gasteiger partial charge in [0.15, 0.2) is 0 Å². The Kier molecular flexibility index (Phi) is 6.42. The second-order valence-corrected chi connectivity index (χ2v) is 8.97. The van der Waals surface area contributed by atoms with Crippen LogP contribution in [-0.2, 0) is 6.54 Å². The van der Waals surface area contributed by atoms with Gasteiger partial charge in [-0.1, -0.05) is 30.3 Å². The lowest BCUT2D eigenvalue weighted by atomic mass is 10.1. The Morgan fingerprint density at radius 3 is 2.59 bits per heavy atom. The van der Waals surface area contributed by atoms with Crippen LogP contribution >= 0.6 is 0 Å². The molecule has 4 aromatic rings. The molecule has 5 rings (SSSR count). The van der Waals surface area contributed by atoms with Gasteiger partial charge in [0.2, 0.25) is 5.95 Å². The van der Waals surface area contributed by atoms with E-state index in [0.717, 1.165) is 22.5 Å². The zero-order valence-electron chi connectivity index (χ0n) is 20.8. The molecule has 186 valence electrons. The zero-order chi connectivity index (χ0) is 25.9. The molecule has 0 fully saturated rings. The Morgan fingerprint density at radius 2 is 1.81 bits per heavy atom. The van der Waals surface area contributed by atoms with Crippen LogP contribution in [-0.4, -0.2) is 36.0 Å². The fourth-order valence-electron chi connectivity index (χ4n) is 4.06. The van der Waals surface area contributed by atoms with Gasteiger partial charge in [0.05, 0.1) is 12.2 Å². The monoisotopic (exact) mass is 493 g/mol. The Labute approximate surface area is 215 Å². The van der Waals surface area contributed by atoms with Gasteiger partial charge in [0, 0.05) is 48.5 Å². The van der Waals surface area contributed by atoms with E-state index in [9.17, 15) is 9.59 Å². The standard InChI is InChI=1S/C28H27N7O2/c1-18-12-13-22(30-26(36)19-8-5-4-6-9-19)15-24(18)35-17-20-16-29-27(32-25(20)33-28(35)37)31-21-10-7-11-23(14-21)34(2)3/h4-16H,17H2,1-3H3,(H,30,36)(H2,29,31,32,33,37). The first-order chi connectivity index (χ1) is 17.9. The SMILES string of the molecule is Cc1ccc(NC(=O)c2ccccc2)cc1N1Cc2cnc(Nc3cccc(N(C)C)c3)nc2NC1=O. The van der Waals surface area contributed by atoms with Crippen molar-refractivity contribution in [2.45, 2.75) is 13.5 Å². The number of carbonyl (C=O) groups excluding carboxylic acids is 2. The molecule has 1 aliphatic heterocycles. The van der Waals surface area contributed by atoms with E-state index in [-0.39, 0.29) is 11.9 Å². The van der Waals surface area contributed by atoms with Crippen LogP contribution in [0.25, 0.3) is 0 Å². The number of rotatable bonds is 6. The maximum absolute atomic E-state index is 13.1. The average Bonchev–Trinajstić information content (AvgIpc) is 2.90. The molecule has 0 saturated heterocycles. The van der Waals surface area contributed by atoms with Crippen molar-refractivity contribution in [3.05, 3.63) is 95.7 Å². The maximum Gasteiger partial charge on any atom is 0.327 e. The molecule has 0 radical (unpaired) electrons. The third kappa shape index (κ3) is 5.20. The van der Waals surface area contributed by atoms with Crippen LogP contribution < -0.4 is 25.8 Å². The molecule has 0 unspecified atom stereocenters. The van der Waals surface area contributed by atoms with Crippen LogP contribution in [0.3, 0.4) is 0 Å². The lowest BCUT2D eigenvalue weighted by molar-refractivity contribution is 0.102. The first kappa shape index (κ1) is 23.8. The van der Waals surface area contributed by atoms with E-state index in [1.54, 1.807) is 29.3 Å². The molecule has 0 aliphatic carbocycles. The number of urea groups is 1. The highest BCUT2D eigenvalue weighted by Crippen LogP contribution is 2.31. The van der Waals surface area contributed by atoms with Gasteiger partial charge in [-0.05, 0) is 55.0 Å². The van der Waals surface area contributed by atoms with Gasteiger partial charge in [-0.3, -0.25) is 15.0 Å². The largest absolute Gasteiger partial charge is 0.378 e. The van der Waals surface area contributed by atoms with Crippen molar-refractivity contribution >= 4 is 46.5 Å². The summed E-state index contributed by atoms with van der Waals surface area (Å²) in [5.41, 5.74) is 5.43. The summed E-state index contributed by atoms with van der Waals surface area (Å²) in [6.07, 6.45) is 1.71. The van der Waals surface area contributed by atoms with E-state index >= 15 is 0 Å². The number of amides is 3. The summed E-state index contributed by atoms with van der Waals surface area (Å²) in [4.78, 5) is 38.3. The number of nitrogens with one attached hydrogen (secondary N) is 3. The minimum Gasteiger partial charge on any atom is -0.378 e. The predicted octanol–water partition coefficient (Wildman–Crippen LogP) is 5.40. The summed E-state index contributed by atoms with van der Waals surface area (Å²) >= 11 is 0. The highest BCUT2D eigenvalue weighted by Gasteiger charge is 2.27. The summed E-state index contributed by atoms with van der Waals surface area (Å²) in [5, 5.41) is 8.99. The molecule has 3 aromatic carbocycles. The lowest BCUT2D eigenvalue weighted by Gasteiger charge is -2.30. The van der Waals surface area contributed by atoms with E-state index < -0.39 is 0 Å². The summed E-state index contributed by atoms with van der Waals surface area (Å²) in [5.74, 6) is 0.646. The Balaban J connectivity index is 1.34. The molecular formula is C28H27N7O2. The Bertz CT molecular complexity index is 1470. The topological polar surface area (TPSA) is 102 Å². The number of hydrogen-bond donors (Lipinski definition) is 3. The van der Waals surface area contributed by atoms with Crippen molar-refractivity contribution < 1.29 is 9.59 Å². The molecule has 0 saturated carbocycles. The highest BCUT2D eigenvalue weighted by molar-refractivity contribution is 6.06. The van der Waals surface area contributed by atoms with Crippen molar-refractivity contribution in [1.82, 2.24) is 9.97 Å². The lowest BCUT2D eigenvalue weighted by Crippen LogP contribution is -2.39. The van der Waals surface area contributed by atoms with Crippen LogP contribution in [0.1, 0.15) is 21.5 Å². The number of nitrogens with zero attached hydrogens (tertiary/aromatic N) is 4.